The molecule has 0 unspecified atom stereocenters. The number of methoxy groups -OCH3 is 2. The number of ether oxygens (including phenoxy) is 2. The topological polar surface area (TPSA) is 110 Å². The number of phenols is 1. The fourth-order valence-corrected chi connectivity index (χ4v) is 7.23. The van der Waals surface area contributed by atoms with Gasteiger partial charge in [0, 0.05) is 0 Å². The number of sulfonamides is 2. The van der Waals surface area contributed by atoms with Crippen LogP contribution in [0.3, 0.4) is 0 Å². The summed E-state index contributed by atoms with van der Waals surface area (Å²) in [6.45, 7) is 3.06. The van der Waals surface area contributed by atoms with Crippen LogP contribution in [0.2, 0.25) is 0 Å². The fraction of sp³-hybridized carbons (Fsp3) is 0.182. The zero-order valence-electron chi connectivity index (χ0n) is 17.9. The Bertz CT molecular complexity index is 1230. The highest BCUT2D eigenvalue weighted by atomic mass is 32.3. The molecule has 0 spiro atoms. The summed E-state index contributed by atoms with van der Waals surface area (Å²) in [5.41, 5.74) is 0.489. The van der Waals surface area contributed by atoms with Crippen LogP contribution in [0, 0.1) is 13.8 Å². The number of hydrogen-bond acceptors (Lipinski definition) is 7. The molecule has 3 rings (SSSR count). The second-order valence-electron chi connectivity index (χ2n) is 6.99. The van der Waals surface area contributed by atoms with Crippen molar-refractivity contribution in [2.45, 2.75) is 23.6 Å². The number of anilines is 1. The van der Waals surface area contributed by atoms with E-state index in [0.717, 1.165) is 0 Å². The van der Waals surface area contributed by atoms with E-state index >= 15 is 0 Å². The Morgan fingerprint density at radius 3 is 1.34 bits per heavy atom. The van der Waals surface area contributed by atoms with Gasteiger partial charge in [0.05, 0.1) is 29.7 Å². The van der Waals surface area contributed by atoms with E-state index in [4.69, 9.17) is 9.47 Å². The monoisotopic (exact) mass is 477 g/mol. The van der Waals surface area contributed by atoms with Crippen LogP contribution in [-0.4, -0.2) is 36.2 Å². The van der Waals surface area contributed by atoms with Crippen molar-refractivity contribution >= 4 is 25.7 Å². The molecule has 8 nitrogen and oxygen atoms in total. The van der Waals surface area contributed by atoms with Gasteiger partial charge in [-0.3, -0.25) is 0 Å². The molecule has 0 bridgehead atoms. The quantitative estimate of drug-likeness (QED) is 0.553. The van der Waals surface area contributed by atoms with Crippen LogP contribution in [0.4, 0.5) is 5.69 Å². The standard InChI is InChI=1S/C22H23NO7S2/c1-15-13-17(24)14-16(2)22(15)23(31(25,26)20-9-5-18(29-3)6-10-20)32(27,28)21-11-7-19(30-4)8-12-21/h5-14,24H,1-4H3. The molecule has 3 aromatic rings. The minimum absolute atomic E-state index is 0.0607. The molecule has 0 aromatic heterocycles. The van der Waals surface area contributed by atoms with E-state index in [2.05, 4.69) is 0 Å². The van der Waals surface area contributed by atoms with Crippen LogP contribution in [0.5, 0.6) is 17.2 Å². The molecule has 0 heterocycles. The van der Waals surface area contributed by atoms with Gasteiger partial charge in [0.2, 0.25) is 0 Å². The summed E-state index contributed by atoms with van der Waals surface area (Å²) in [6, 6.07) is 13.4. The van der Waals surface area contributed by atoms with E-state index in [1.54, 1.807) is 0 Å². The molecule has 0 atom stereocenters. The SMILES string of the molecule is COc1ccc(S(=O)(=O)N(c2c(C)cc(O)cc2C)S(=O)(=O)c2ccc(OC)cc2)cc1. The first kappa shape index (κ1) is 23.4. The molecule has 1 N–H and O–H groups in total. The van der Waals surface area contributed by atoms with Crippen LogP contribution in [-0.2, 0) is 20.0 Å². The normalized spacial score (nSPS) is 11.8. The van der Waals surface area contributed by atoms with Crippen molar-refractivity contribution in [2.24, 2.45) is 0 Å². The van der Waals surface area contributed by atoms with Crippen molar-refractivity contribution in [1.29, 1.82) is 0 Å². The molecule has 0 saturated heterocycles. The number of nitrogens with zero attached hydrogens (tertiary/aromatic N) is 1. The van der Waals surface area contributed by atoms with Crippen molar-refractivity contribution in [2.75, 3.05) is 17.9 Å². The Kier molecular flexibility index (Phi) is 6.38. The third kappa shape index (κ3) is 4.23. The van der Waals surface area contributed by atoms with Crippen molar-refractivity contribution in [3.63, 3.8) is 0 Å². The summed E-state index contributed by atoms with van der Waals surface area (Å²) in [4.78, 5) is -0.468. The minimum atomic E-state index is -4.58. The zero-order chi connectivity index (χ0) is 23.7. The molecule has 0 amide bonds. The third-order valence-corrected chi connectivity index (χ3v) is 8.96. The van der Waals surface area contributed by atoms with Gasteiger partial charge in [-0.05, 0) is 85.6 Å². The summed E-state index contributed by atoms with van der Waals surface area (Å²) < 4.78 is 65.3. The van der Waals surface area contributed by atoms with Gasteiger partial charge >= 0.3 is 0 Å². The van der Waals surface area contributed by atoms with Crippen LogP contribution in [0.25, 0.3) is 0 Å². The molecule has 0 aliphatic heterocycles. The molecule has 10 heteroatoms. The van der Waals surface area contributed by atoms with Gasteiger partial charge in [0.25, 0.3) is 20.0 Å². The summed E-state index contributed by atoms with van der Waals surface area (Å²) >= 11 is 0. The van der Waals surface area contributed by atoms with Crippen molar-refractivity contribution < 1.29 is 31.4 Å². The number of hydrogen-bond donors (Lipinski definition) is 1. The smallest absolute Gasteiger partial charge is 0.277 e. The molecule has 0 saturated carbocycles. The van der Waals surface area contributed by atoms with Gasteiger partial charge in [-0.2, -0.15) is 3.71 Å². The predicted molar refractivity (Wildman–Crippen MR) is 120 cm³/mol. The molecule has 3 aromatic carbocycles. The molecular formula is C22H23NO7S2. The van der Waals surface area contributed by atoms with Crippen LogP contribution in [0.15, 0.2) is 70.5 Å². The first-order chi connectivity index (χ1) is 15.0. The lowest BCUT2D eigenvalue weighted by molar-refractivity contribution is 0.414. The molecule has 0 aliphatic carbocycles. The lowest BCUT2D eigenvalue weighted by atomic mass is 10.1. The second-order valence-corrected chi connectivity index (χ2v) is 10.8. The van der Waals surface area contributed by atoms with Crippen molar-refractivity contribution in [3.8, 4) is 17.2 Å². The molecule has 0 fully saturated rings. The average Bonchev–Trinajstić information content (AvgIpc) is 2.75. The Morgan fingerprint density at radius 1 is 0.688 bits per heavy atom. The third-order valence-electron chi connectivity index (χ3n) is 4.81. The number of rotatable bonds is 7. The van der Waals surface area contributed by atoms with E-state index < -0.39 is 20.0 Å². The highest BCUT2D eigenvalue weighted by Gasteiger charge is 2.39. The molecule has 170 valence electrons. The van der Waals surface area contributed by atoms with Crippen molar-refractivity contribution in [3.05, 3.63) is 71.8 Å². The number of aryl methyl sites for hydroxylation is 2. The molecule has 0 radical (unpaired) electrons. The average molecular weight is 478 g/mol. The maximum Gasteiger partial charge on any atom is 0.277 e. The van der Waals surface area contributed by atoms with Crippen molar-refractivity contribution in [1.82, 2.24) is 0 Å². The highest BCUT2D eigenvalue weighted by molar-refractivity contribution is 8.10. The van der Waals surface area contributed by atoms with Gasteiger partial charge in [0.1, 0.15) is 17.2 Å². The lowest BCUT2D eigenvalue weighted by Crippen LogP contribution is -2.38. The van der Waals surface area contributed by atoms with E-state index in [9.17, 15) is 21.9 Å². The first-order valence-corrected chi connectivity index (χ1v) is 12.3. The Labute approximate surface area is 187 Å². The number of benzene rings is 3. The molecule has 0 aliphatic rings. The Balaban J connectivity index is 2.31. The van der Waals surface area contributed by atoms with Crippen LogP contribution in [0.1, 0.15) is 11.1 Å². The van der Waals surface area contributed by atoms with E-state index in [0.29, 0.717) is 15.2 Å². The van der Waals surface area contributed by atoms with Gasteiger partial charge in [-0.25, -0.2) is 16.8 Å². The maximum atomic E-state index is 13.7. The summed E-state index contributed by atoms with van der Waals surface area (Å²) in [6.07, 6.45) is 0. The fourth-order valence-electron chi connectivity index (χ4n) is 3.28. The zero-order valence-corrected chi connectivity index (χ0v) is 19.6. The second kappa shape index (κ2) is 8.71. The highest BCUT2D eigenvalue weighted by Crippen LogP contribution is 2.37. The maximum absolute atomic E-state index is 13.7. The molecule has 32 heavy (non-hydrogen) atoms. The van der Waals surface area contributed by atoms with Gasteiger partial charge < -0.3 is 14.6 Å². The van der Waals surface area contributed by atoms with E-state index in [1.807, 2.05) is 0 Å². The largest absolute Gasteiger partial charge is 0.508 e. The number of aromatic hydroxyl groups is 1. The van der Waals surface area contributed by atoms with Gasteiger partial charge in [0.15, 0.2) is 0 Å². The predicted octanol–water partition coefficient (Wildman–Crippen LogP) is 3.61. The summed E-state index contributed by atoms with van der Waals surface area (Å²) in [5.74, 6) is 0.739. The Morgan fingerprint density at radius 2 is 1.03 bits per heavy atom. The lowest BCUT2D eigenvalue weighted by Gasteiger charge is -2.27. The van der Waals surface area contributed by atoms with Crippen LogP contribution < -0.4 is 13.2 Å². The van der Waals surface area contributed by atoms with E-state index in [-0.39, 0.29) is 32.4 Å². The molecular weight excluding hydrogens is 454 g/mol. The number of phenolic OH excluding ortho intramolecular Hbond substituents is 1. The van der Waals surface area contributed by atoms with E-state index in [1.165, 1.54) is 88.7 Å². The summed E-state index contributed by atoms with van der Waals surface area (Å²) in [7, 11) is -6.29. The Hall–Kier alpha value is -3.24. The van der Waals surface area contributed by atoms with Crippen LogP contribution >= 0.6 is 0 Å². The first-order valence-electron chi connectivity index (χ1n) is 9.41. The summed E-state index contributed by atoms with van der Waals surface area (Å²) in [5, 5.41) is 9.91. The minimum Gasteiger partial charge on any atom is -0.508 e. The van der Waals surface area contributed by atoms with Gasteiger partial charge in [-0.1, -0.05) is 0 Å². The van der Waals surface area contributed by atoms with Gasteiger partial charge in [-0.15, -0.1) is 0 Å².